The summed E-state index contributed by atoms with van der Waals surface area (Å²) in [5.74, 6) is -8.02. The molecule has 3 rings (SSSR count). The zero-order valence-electron chi connectivity index (χ0n) is 26.2. The molecule has 1 aliphatic carbocycles. The molecule has 12 nitrogen and oxygen atoms in total. The van der Waals surface area contributed by atoms with Crippen LogP contribution in [0.4, 0.5) is 8.78 Å². The van der Waals surface area contributed by atoms with Crippen LogP contribution in [0.1, 0.15) is 57.4 Å². The first-order valence-corrected chi connectivity index (χ1v) is 17.2. The van der Waals surface area contributed by atoms with E-state index >= 15 is 0 Å². The molecule has 2 fully saturated rings. The smallest absolute Gasteiger partial charge is 0.379 e. The molecule has 15 heteroatoms. The summed E-state index contributed by atoms with van der Waals surface area (Å²) in [7, 11) is -4.13. The summed E-state index contributed by atoms with van der Waals surface area (Å²) < 4.78 is 69.7. The van der Waals surface area contributed by atoms with Gasteiger partial charge in [0.2, 0.25) is 11.8 Å². The van der Waals surface area contributed by atoms with Gasteiger partial charge in [0.25, 0.3) is 10.2 Å². The average molecular weight is 673 g/mol. The van der Waals surface area contributed by atoms with E-state index in [-0.39, 0.29) is 58.1 Å². The van der Waals surface area contributed by atoms with Gasteiger partial charge in [-0.3, -0.25) is 9.59 Å². The maximum absolute atomic E-state index is 15.0. The predicted octanol–water partition coefficient (Wildman–Crippen LogP) is 1.84. The number of alkyl halides is 2. The fourth-order valence-electron chi connectivity index (χ4n) is 5.68. The molecular weight excluding hydrogens is 626 g/mol. The SMILES string of the molecule is C=CC[C@H](NC(=O)[C@H](Cc1ccccc1)NS(=O)(=O)N1CCOCC1)C(=O)N[C@@H](CC1CCCCC1)C(O)C(F)(F)C(=O)OCC. The van der Waals surface area contributed by atoms with Gasteiger partial charge in [-0.15, -0.1) is 6.58 Å². The quantitative estimate of drug-likeness (QED) is 0.144. The van der Waals surface area contributed by atoms with E-state index < -0.39 is 58.1 Å². The summed E-state index contributed by atoms with van der Waals surface area (Å²) in [5, 5.41) is 15.7. The van der Waals surface area contributed by atoms with Crippen LogP contribution < -0.4 is 15.4 Å². The van der Waals surface area contributed by atoms with Crippen molar-refractivity contribution in [2.75, 3.05) is 32.9 Å². The predicted molar refractivity (Wildman–Crippen MR) is 166 cm³/mol. The maximum Gasteiger partial charge on any atom is 0.379 e. The van der Waals surface area contributed by atoms with Gasteiger partial charge in [0, 0.05) is 13.1 Å². The summed E-state index contributed by atoms with van der Waals surface area (Å²) in [6, 6.07) is 4.44. The number of nitrogens with zero attached hydrogens (tertiary/aromatic N) is 1. The van der Waals surface area contributed by atoms with Crippen LogP contribution in [0.2, 0.25) is 0 Å². The fraction of sp³-hybridized carbons (Fsp3) is 0.645. The van der Waals surface area contributed by atoms with Gasteiger partial charge in [-0.2, -0.15) is 26.2 Å². The van der Waals surface area contributed by atoms with E-state index in [0.717, 1.165) is 23.6 Å². The lowest BCUT2D eigenvalue weighted by Gasteiger charge is -2.34. The number of rotatable bonds is 17. The van der Waals surface area contributed by atoms with Crippen LogP contribution in [0.25, 0.3) is 0 Å². The Labute approximate surface area is 269 Å². The Kier molecular flexibility index (Phi) is 14.5. The summed E-state index contributed by atoms with van der Waals surface area (Å²) in [6.07, 6.45) is 2.69. The van der Waals surface area contributed by atoms with Crippen LogP contribution in [-0.4, -0.2) is 98.7 Å². The van der Waals surface area contributed by atoms with Crippen LogP contribution >= 0.6 is 0 Å². The number of halogens is 2. The van der Waals surface area contributed by atoms with Crippen LogP contribution in [0.3, 0.4) is 0 Å². The van der Waals surface area contributed by atoms with Gasteiger partial charge in [-0.25, -0.2) is 4.79 Å². The average Bonchev–Trinajstić information content (AvgIpc) is 3.04. The fourth-order valence-corrected chi connectivity index (χ4v) is 7.01. The van der Waals surface area contributed by atoms with E-state index in [1.54, 1.807) is 30.3 Å². The largest absolute Gasteiger partial charge is 0.461 e. The highest BCUT2D eigenvalue weighted by atomic mass is 32.2. The molecule has 4 atom stereocenters. The van der Waals surface area contributed by atoms with E-state index in [9.17, 15) is 36.7 Å². The van der Waals surface area contributed by atoms with E-state index in [2.05, 4.69) is 26.7 Å². The van der Waals surface area contributed by atoms with Crippen LogP contribution in [-0.2, 0) is 40.5 Å². The van der Waals surface area contributed by atoms with Gasteiger partial charge < -0.3 is 25.2 Å². The van der Waals surface area contributed by atoms with Gasteiger partial charge in [-0.05, 0) is 37.7 Å². The second-order valence-corrected chi connectivity index (χ2v) is 13.3. The highest BCUT2D eigenvalue weighted by molar-refractivity contribution is 7.87. The normalized spacial score (nSPS) is 19.3. The first-order chi connectivity index (χ1) is 21.9. The number of hydrogen-bond acceptors (Lipinski definition) is 8. The number of amides is 2. The number of morpholine rings is 1. The molecule has 1 heterocycles. The highest BCUT2D eigenvalue weighted by Gasteiger charge is 2.52. The molecule has 46 heavy (non-hydrogen) atoms. The van der Waals surface area contributed by atoms with E-state index in [1.807, 2.05) is 0 Å². The molecule has 0 spiro atoms. The van der Waals surface area contributed by atoms with Crippen molar-refractivity contribution >= 4 is 28.0 Å². The summed E-state index contributed by atoms with van der Waals surface area (Å²) >= 11 is 0. The molecule has 1 saturated heterocycles. The monoisotopic (exact) mass is 672 g/mol. The number of carbonyl (C=O) groups is 3. The Morgan fingerprint density at radius 1 is 1.09 bits per heavy atom. The molecule has 0 bridgehead atoms. The Morgan fingerprint density at radius 2 is 1.72 bits per heavy atom. The van der Waals surface area contributed by atoms with Crippen molar-refractivity contribution in [1.82, 2.24) is 19.7 Å². The lowest BCUT2D eigenvalue weighted by atomic mass is 9.83. The molecule has 1 aliphatic heterocycles. The van der Waals surface area contributed by atoms with Gasteiger partial charge in [-0.1, -0.05) is 68.5 Å². The molecular formula is C31H46F2N4O8S. The zero-order valence-corrected chi connectivity index (χ0v) is 27.0. The number of aliphatic hydroxyl groups excluding tert-OH is 1. The van der Waals surface area contributed by atoms with E-state index in [0.29, 0.717) is 18.4 Å². The van der Waals surface area contributed by atoms with E-state index in [1.165, 1.54) is 13.0 Å². The lowest BCUT2D eigenvalue weighted by Crippen LogP contribution is -2.60. The van der Waals surface area contributed by atoms with Gasteiger partial charge in [0.1, 0.15) is 18.2 Å². The molecule has 258 valence electrons. The summed E-state index contributed by atoms with van der Waals surface area (Å²) in [5.41, 5.74) is 0.647. The van der Waals surface area contributed by atoms with Crippen molar-refractivity contribution in [1.29, 1.82) is 0 Å². The number of aliphatic hydroxyl groups is 1. The zero-order chi connectivity index (χ0) is 33.7. The molecule has 1 aromatic carbocycles. The highest BCUT2D eigenvalue weighted by Crippen LogP contribution is 2.31. The number of carbonyl (C=O) groups excluding carboxylic acids is 3. The molecule has 0 aromatic heterocycles. The van der Waals surface area contributed by atoms with Crippen LogP contribution in [0.5, 0.6) is 0 Å². The summed E-state index contributed by atoms with van der Waals surface area (Å²) in [6.45, 7) is 5.23. The summed E-state index contributed by atoms with van der Waals surface area (Å²) in [4.78, 5) is 39.2. The maximum atomic E-state index is 15.0. The third kappa shape index (κ3) is 10.8. The van der Waals surface area contributed by atoms with Gasteiger partial charge in [0.15, 0.2) is 0 Å². The molecule has 1 aromatic rings. The van der Waals surface area contributed by atoms with Gasteiger partial charge in [0.05, 0.1) is 25.9 Å². The lowest BCUT2D eigenvalue weighted by molar-refractivity contribution is -0.192. The second kappa shape index (κ2) is 17.8. The van der Waals surface area contributed by atoms with Crippen molar-refractivity contribution in [3.63, 3.8) is 0 Å². The molecule has 0 radical (unpaired) electrons. The third-order valence-electron chi connectivity index (χ3n) is 8.18. The number of hydrogen-bond donors (Lipinski definition) is 4. The van der Waals surface area contributed by atoms with Crippen molar-refractivity contribution in [2.45, 2.75) is 88.4 Å². The van der Waals surface area contributed by atoms with Gasteiger partial charge >= 0.3 is 11.9 Å². The molecule has 2 amide bonds. The van der Waals surface area contributed by atoms with Crippen molar-refractivity contribution in [2.24, 2.45) is 5.92 Å². The topological polar surface area (TPSA) is 163 Å². The first-order valence-electron chi connectivity index (χ1n) is 15.7. The minimum Gasteiger partial charge on any atom is -0.461 e. The number of benzene rings is 1. The second-order valence-electron chi connectivity index (χ2n) is 11.6. The Bertz CT molecular complexity index is 1260. The third-order valence-corrected chi connectivity index (χ3v) is 9.80. The van der Waals surface area contributed by atoms with Crippen molar-refractivity contribution in [3.8, 4) is 0 Å². The first kappa shape index (κ1) is 37.5. The Hall–Kier alpha value is -2.98. The van der Waals surface area contributed by atoms with Crippen LogP contribution in [0, 0.1) is 5.92 Å². The molecule has 2 aliphatic rings. The van der Waals surface area contributed by atoms with Crippen molar-refractivity contribution < 1.29 is 46.2 Å². The number of ether oxygens (including phenoxy) is 2. The minimum atomic E-state index is -4.31. The standard InChI is InChI=1S/C31H46F2N4O8S/c1-3-11-24(28(39)35-25(20-22-12-7-5-8-13-22)27(38)31(32,33)30(41)45-4-2)34-29(40)26(21-23-14-9-6-10-15-23)36-46(42,43)37-16-18-44-19-17-37/h3,6,9-10,14-15,22,24-27,36,38H,1,4-5,7-8,11-13,16-21H2,2H3,(H,34,40)(H,35,39)/t24-,25-,26-,27?/m0/s1. The Balaban J connectivity index is 1.82. The van der Waals surface area contributed by atoms with E-state index in [4.69, 9.17) is 4.74 Å². The Morgan fingerprint density at radius 3 is 2.33 bits per heavy atom. The molecule has 4 N–H and O–H groups in total. The molecule has 1 unspecified atom stereocenters. The van der Waals surface area contributed by atoms with Crippen LogP contribution in [0.15, 0.2) is 43.0 Å². The van der Waals surface area contributed by atoms with Crippen molar-refractivity contribution in [3.05, 3.63) is 48.6 Å². The minimum absolute atomic E-state index is 0.0212. The number of nitrogens with one attached hydrogen (secondary N) is 3. The molecule has 1 saturated carbocycles. The number of esters is 1.